The maximum atomic E-state index is 12.2. The minimum atomic E-state index is -0.256. The number of methoxy groups -OCH3 is 1. The first-order valence-electron chi connectivity index (χ1n) is 10.3. The smallest absolute Gasteiger partial charge is 0.330 e. The van der Waals surface area contributed by atoms with Gasteiger partial charge >= 0.3 is 5.97 Å². The van der Waals surface area contributed by atoms with Gasteiger partial charge in [-0.1, -0.05) is 46.8 Å². The van der Waals surface area contributed by atoms with Gasteiger partial charge in [-0.3, -0.25) is 0 Å². The van der Waals surface area contributed by atoms with Crippen LogP contribution in [0.15, 0.2) is 30.3 Å². The van der Waals surface area contributed by atoms with Crippen LogP contribution in [0, 0.1) is 35.5 Å². The van der Waals surface area contributed by atoms with Crippen LogP contribution in [0.1, 0.15) is 53.0 Å². The SMILES string of the molecule is COc1ccc(/C=C/C(=O)OCC2CC(C(C)C(C)C)CC2C(C)C)cc1. The normalized spacial score (nSPS) is 23.9. The third-order valence-corrected chi connectivity index (χ3v) is 6.40. The molecule has 0 heterocycles. The van der Waals surface area contributed by atoms with Gasteiger partial charge in [0, 0.05) is 6.08 Å². The quantitative estimate of drug-likeness (QED) is 0.425. The molecule has 3 nitrogen and oxygen atoms in total. The van der Waals surface area contributed by atoms with Crippen molar-refractivity contribution in [2.24, 2.45) is 35.5 Å². The van der Waals surface area contributed by atoms with E-state index in [1.165, 1.54) is 18.9 Å². The minimum Gasteiger partial charge on any atom is -0.497 e. The second-order valence-corrected chi connectivity index (χ2v) is 8.74. The van der Waals surface area contributed by atoms with Crippen LogP contribution >= 0.6 is 0 Å². The van der Waals surface area contributed by atoms with Crippen LogP contribution in [-0.2, 0) is 9.53 Å². The van der Waals surface area contributed by atoms with Gasteiger partial charge in [0.1, 0.15) is 5.75 Å². The first-order valence-corrected chi connectivity index (χ1v) is 10.3. The summed E-state index contributed by atoms with van der Waals surface area (Å²) in [7, 11) is 1.64. The standard InChI is InChI=1S/C24H36O3/c1-16(2)18(5)20-13-21(23(14-20)17(3)4)15-27-24(25)12-9-19-7-10-22(26-6)11-8-19/h7-12,16-18,20-21,23H,13-15H2,1-6H3/b12-9+. The molecule has 4 atom stereocenters. The summed E-state index contributed by atoms with van der Waals surface area (Å²) in [5, 5.41) is 0. The molecule has 1 aromatic rings. The second kappa shape index (κ2) is 9.96. The third kappa shape index (κ3) is 6.12. The minimum absolute atomic E-state index is 0.256. The van der Waals surface area contributed by atoms with Crippen LogP contribution in [0.2, 0.25) is 0 Å². The Morgan fingerprint density at radius 3 is 2.33 bits per heavy atom. The number of carbonyl (C=O) groups is 1. The molecular weight excluding hydrogens is 336 g/mol. The molecule has 0 radical (unpaired) electrons. The highest BCUT2D eigenvalue weighted by atomic mass is 16.5. The highest BCUT2D eigenvalue weighted by molar-refractivity contribution is 5.87. The third-order valence-electron chi connectivity index (χ3n) is 6.40. The Hall–Kier alpha value is -1.77. The average Bonchev–Trinajstić information content (AvgIpc) is 3.08. The monoisotopic (exact) mass is 372 g/mol. The van der Waals surface area contributed by atoms with E-state index in [1.54, 1.807) is 13.2 Å². The number of hydrogen-bond acceptors (Lipinski definition) is 3. The first-order chi connectivity index (χ1) is 12.8. The molecule has 0 spiro atoms. The molecule has 1 fully saturated rings. The van der Waals surface area contributed by atoms with Gasteiger partial charge in [0.25, 0.3) is 0 Å². The Kier molecular flexibility index (Phi) is 7.94. The number of ether oxygens (including phenoxy) is 2. The van der Waals surface area contributed by atoms with Gasteiger partial charge in [-0.15, -0.1) is 0 Å². The van der Waals surface area contributed by atoms with Gasteiger partial charge in [-0.05, 0) is 72.1 Å². The lowest BCUT2D eigenvalue weighted by atomic mass is 9.82. The largest absolute Gasteiger partial charge is 0.497 e. The van der Waals surface area contributed by atoms with Crippen molar-refractivity contribution in [2.75, 3.05) is 13.7 Å². The molecule has 0 bridgehead atoms. The van der Waals surface area contributed by atoms with Crippen LogP contribution in [0.4, 0.5) is 0 Å². The van der Waals surface area contributed by atoms with Crippen molar-refractivity contribution in [3.05, 3.63) is 35.9 Å². The van der Waals surface area contributed by atoms with Crippen LogP contribution in [0.25, 0.3) is 6.08 Å². The Bertz CT molecular complexity index is 615. The fourth-order valence-corrected chi connectivity index (χ4v) is 4.30. The fraction of sp³-hybridized carbons (Fsp3) is 0.625. The van der Waals surface area contributed by atoms with Gasteiger partial charge in [-0.25, -0.2) is 4.79 Å². The number of benzene rings is 1. The summed E-state index contributed by atoms with van der Waals surface area (Å²) in [5.74, 6) is 4.49. The van der Waals surface area contributed by atoms with E-state index in [0.29, 0.717) is 30.3 Å². The maximum absolute atomic E-state index is 12.2. The second-order valence-electron chi connectivity index (χ2n) is 8.74. The van der Waals surface area contributed by atoms with Gasteiger partial charge in [0.2, 0.25) is 0 Å². The van der Waals surface area contributed by atoms with Crippen molar-refractivity contribution in [1.29, 1.82) is 0 Å². The van der Waals surface area contributed by atoms with E-state index < -0.39 is 0 Å². The predicted molar refractivity (Wildman–Crippen MR) is 112 cm³/mol. The van der Waals surface area contributed by atoms with Crippen LogP contribution in [0.5, 0.6) is 5.75 Å². The number of rotatable bonds is 8. The zero-order valence-electron chi connectivity index (χ0n) is 17.8. The molecule has 1 aliphatic rings. The van der Waals surface area contributed by atoms with E-state index in [2.05, 4.69) is 34.6 Å². The molecule has 1 aliphatic carbocycles. The van der Waals surface area contributed by atoms with E-state index >= 15 is 0 Å². The maximum Gasteiger partial charge on any atom is 0.330 e. The fourth-order valence-electron chi connectivity index (χ4n) is 4.30. The average molecular weight is 373 g/mol. The Labute approximate surface area is 165 Å². The molecule has 3 heteroatoms. The molecule has 0 aromatic heterocycles. The highest BCUT2D eigenvalue weighted by Crippen LogP contribution is 2.45. The molecule has 27 heavy (non-hydrogen) atoms. The summed E-state index contributed by atoms with van der Waals surface area (Å²) in [5.41, 5.74) is 0.958. The number of esters is 1. The zero-order chi connectivity index (χ0) is 20.0. The Balaban J connectivity index is 1.89. The van der Waals surface area contributed by atoms with Crippen molar-refractivity contribution < 1.29 is 14.3 Å². The van der Waals surface area contributed by atoms with E-state index in [4.69, 9.17) is 9.47 Å². The molecular formula is C24H36O3. The van der Waals surface area contributed by atoms with Crippen LogP contribution in [-0.4, -0.2) is 19.7 Å². The molecule has 1 aromatic carbocycles. The summed E-state index contributed by atoms with van der Waals surface area (Å²) >= 11 is 0. The van der Waals surface area contributed by atoms with Crippen molar-refractivity contribution >= 4 is 12.0 Å². The molecule has 0 saturated heterocycles. The Morgan fingerprint density at radius 1 is 1.11 bits per heavy atom. The van der Waals surface area contributed by atoms with E-state index in [1.807, 2.05) is 24.3 Å². The molecule has 0 aliphatic heterocycles. The summed E-state index contributed by atoms with van der Waals surface area (Å²) in [4.78, 5) is 12.2. The summed E-state index contributed by atoms with van der Waals surface area (Å²) in [6.45, 7) is 12.1. The van der Waals surface area contributed by atoms with E-state index in [-0.39, 0.29) is 5.97 Å². The van der Waals surface area contributed by atoms with Crippen molar-refractivity contribution in [1.82, 2.24) is 0 Å². The summed E-state index contributed by atoms with van der Waals surface area (Å²) < 4.78 is 10.8. The van der Waals surface area contributed by atoms with Crippen molar-refractivity contribution in [3.8, 4) is 5.75 Å². The van der Waals surface area contributed by atoms with Crippen molar-refractivity contribution in [3.63, 3.8) is 0 Å². The van der Waals surface area contributed by atoms with E-state index in [0.717, 1.165) is 23.1 Å². The van der Waals surface area contributed by atoms with Gasteiger partial charge in [0.15, 0.2) is 0 Å². The molecule has 150 valence electrons. The van der Waals surface area contributed by atoms with Crippen LogP contribution in [0.3, 0.4) is 0 Å². The lowest BCUT2D eigenvalue weighted by Crippen LogP contribution is -2.20. The van der Waals surface area contributed by atoms with Crippen molar-refractivity contribution in [2.45, 2.75) is 47.5 Å². The molecule has 2 rings (SSSR count). The lowest BCUT2D eigenvalue weighted by Gasteiger charge is -2.23. The number of carbonyl (C=O) groups excluding carboxylic acids is 1. The topological polar surface area (TPSA) is 35.5 Å². The molecule has 0 N–H and O–H groups in total. The van der Waals surface area contributed by atoms with Crippen LogP contribution < -0.4 is 4.74 Å². The molecule has 1 saturated carbocycles. The van der Waals surface area contributed by atoms with Gasteiger partial charge in [0.05, 0.1) is 13.7 Å². The predicted octanol–water partition coefficient (Wildman–Crippen LogP) is 5.84. The first kappa shape index (κ1) is 21.5. The Morgan fingerprint density at radius 2 is 1.78 bits per heavy atom. The van der Waals surface area contributed by atoms with E-state index in [9.17, 15) is 4.79 Å². The molecule has 0 amide bonds. The highest BCUT2D eigenvalue weighted by Gasteiger charge is 2.39. The number of hydrogen-bond donors (Lipinski definition) is 0. The van der Waals surface area contributed by atoms with Gasteiger partial charge in [-0.2, -0.15) is 0 Å². The summed E-state index contributed by atoms with van der Waals surface area (Å²) in [6.07, 6.45) is 5.76. The lowest BCUT2D eigenvalue weighted by molar-refractivity contribution is -0.139. The molecule has 4 unspecified atom stereocenters. The zero-order valence-corrected chi connectivity index (χ0v) is 17.8. The summed E-state index contributed by atoms with van der Waals surface area (Å²) in [6, 6.07) is 7.61. The van der Waals surface area contributed by atoms with Gasteiger partial charge < -0.3 is 9.47 Å².